The lowest BCUT2D eigenvalue weighted by Gasteiger charge is -2.48. The van der Waals surface area contributed by atoms with E-state index in [0.717, 1.165) is 58.3 Å². The Labute approximate surface area is 121 Å². The number of hydrogen-bond donors (Lipinski definition) is 2. The van der Waals surface area contributed by atoms with E-state index in [1.807, 2.05) is 0 Å². The number of carboxylic acid groups (broad SMARTS) is 1. The predicted molar refractivity (Wildman–Crippen MR) is 78.8 cm³/mol. The van der Waals surface area contributed by atoms with Crippen LogP contribution in [0.4, 0.5) is 0 Å². The molecule has 2 N–H and O–H groups in total. The first-order valence-corrected chi connectivity index (χ1v) is 8.36. The highest BCUT2D eigenvalue weighted by atomic mass is 16.4. The second-order valence-corrected chi connectivity index (χ2v) is 7.13. The van der Waals surface area contributed by atoms with E-state index in [-0.39, 0.29) is 0 Å². The fourth-order valence-corrected chi connectivity index (χ4v) is 4.76. The van der Waals surface area contributed by atoms with Crippen molar-refractivity contribution in [2.45, 2.75) is 63.3 Å². The van der Waals surface area contributed by atoms with Gasteiger partial charge in [-0.2, -0.15) is 0 Å². The number of nitrogens with zero attached hydrogens (tertiary/aromatic N) is 1. The summed E-state index contributed by atoms with van der Waals surface area (Å²) in [4.78, 5) is 14.3. The van der Waals surface area contributed by atoms with Gasteiger partial charge in [0, 0.05) is 19.6 Å². The number of rotatable bonds is 2. The van der Waals surface area contributed by atoms with Crippen molar-refractivity contribution in [3.05, 3.63) is 0 Å². The lowest BCUT2D eigenvalue weighted by Crippen LogP contribution is -2.58. The number of carbonyl (C=O) groups is 1. The molecule has 1 heterocycles. The first-order valence-electron chi connectivity index (χ1n) is 8.36. The normalized spacial score (nSPS) is 30.2. The molecule has 0 unspecified atom stereocenters. The van der Waals surface area contributed by atoms with Gasteiger partial charge in [0.15, 0.2) is 0 Å². The topological polar surface area (TPSA) is 52.6 Å². The van der Waals surface area contributed by atoms with Crippen molar-refractivity contribution in [1.82, 2.24) is 10.2 Å². The maximum atomic E-state index is 12.0. The van der Waals surface area contributed by atoms with Crippen molar-refractivity contribution in [1.29, 1.82) is 0 Å². The lowest BCUT2D eigenvalue weighted by atomic mass is 9.65. The second kappa shape index (κ2) is 5.64. The molecule has 0 atom stereocenters. The molecular formula is C16H28N2O2. The molecule has 0 aromatic rings. The summed E-state index contributed by atoms with van der Waals surface area (Å²) in [5, 5.41) is 13.3. The van der Waals surface area contributed by atoms with E-state index in [9.17, 15) is 9.90 Å². The highest BCUT2D eigenvalue weighted by molar-refractivity contribution is 5.79. The third-order valence-electron chi connectivity index (χ3n) is 6.15. The molecule has 20 heavy (non-hydrogen) atoms. The van der Waals surface area contributed by atoms with Crippen LogP contribution in [0.2, 0.25) is 0 Å². The van der Waals surface area contributed by atoms with Crippen LogP contribution in [0.5, 0.6) is 0 Å². The molecule has 1 saturated heterocycles. The van der Waals surface area contributed by atoms with Crippen molar-refractivity contribution in [2.24, 2.45) is 5.41 Å². The van der Waals surface area contributed by atoms with Crippen LogP contribution in [0.3, 0.4) is 0 Å². The predicted octanol–water partition coefficient (Wildman–Crippen LogP) is 2.24. The molecule has 2 aliphatic carbocycles. The molecule has 114 valence electrons. The molecule has 4 heteroatoms. The molecule has 0 radical (unpaired) electrons. The molecule has 1 aliphatic heterocycles. The fourth-order valence-electron chi connectivity index (χ4n) is 4.76. The molecule has 0 aromatic heterocycles. The minimum Gasteiger partial charge on any atom is -0.480 e. The maximum Gasteiger partial charge on any atom is 0.324 e. The second-order valence-electron chi connectivity index (χ2n) is 7.13. The van der Waals surface area contributed by atoms with E-state index < -0.39 is 11.5 Å². The van der Waals surface area contributed by atoms with Crippen LogP contribution in [0.25, 0.3) is 0 Å². The SMILES string of the molecule is O=C(O)C1(N2CCCNCC2)CCC2(CCCC2)CC1. The van der Waals surface area contributed by atoms with Gasteiger partial charge in [0.25, 0.3) is 0 Å². The van der Waals surface area contributed by atoms with Gasteiger partial charge in [0.2, 0.25) is 0 Å². The Hall–Kier alpha value is -0.610. The maximum absolute atomic E-state index is 12.0. The third kappa shape index (κ3) is 2.48. The molecular weight excluding hydrogens is 252 g/mol. The highest BCUT2D eigenvalue weighted by Crippen LogP contribution is 2.52. The molecule has 0 amide bonds. The standard InChI is InChI=1S/C16H28N2O2/c19-14(20)16(18-12-3-10-17-11-13-18)8-6-15(7-9-16)4-1-2-5-15/h17H,1-13H2,(H,19,20). The summed E-state index contributed by atoms with van der Waals surface area (Å²) in [6.45, 7) is 3.78. The van der Waals surface area contributed by atoms with Crippen LogP contribution in [0.15, 0.2) is 0 Å². The molecule has 2 saturated carbocycles. The zero-order valence-corrected chi connectivity index (χ0v) is 12.5. The van der Waals surface area contributed by atoms with Crippen molar-refractivity contribution >= 4 is 5.97 Å². The summed E-state index contributed by atoms with van der Waals surface area (Å²) in [5.74, 6) is -0.577. The smallest absolute Gasteiger partial charge is 0.324 e. The molecule has 3 rings (SSSR count). The Balaban J connectivity index is 1.74. The van der Waals surface area contributed by atoms with Crippen LogP contribution in [0, 0.1) is 5.41 Å². The first kappa shape index (κ1) is 14.3. The molecule has 4 nitrogen and oxygen atoms in total. The van der Waals surface area contributed by atoms with E-state index in [4.69, 9.17) is 0 Å². The van der Waals surface area contributed by atoms with Gasteiger partial charge in [-0.05, 0) is 56.9 Å². The highest BCUT2D eigenvalue weighted by Gasteiger charge is 2.50. The van der Waals surface area contributed by atoms with Crippen molar-refractivity contribution in [2.75, 3.05) is 26.2 Å². The van der Waals surface area contributed by atoms with E-state index in [2.05, 4.69) is 10.2 Å². The summed E-state index contributed by atoms with van der Waals surface area (Å²) in [6, 6.07) is 0. The van der Waals surface area contributed by atoms with Gasteiger partial charge < -0.3 is 10.4 Å². The van der Waals surface area contributed by atoms with Gasteiger partial charge in [-0.15, -0.1) is 0 Å². The van der Waals surface area contributed by atoms with Gasteiger partial charge in [-0.3, -0.25) is 9.69 Å². The minimum absolute atomic E-state index is 0.503. The van der Waals surface area contributed by atoms with E-state index in [1.165, 1.54) is 25.7 Å². The average Bonchev–Trinajstić information content (AvgIpc) is 2.74. The molecule has 1 spiro atoms. The van der Waals surface area contributed by atoms with Gasteiger partial charge >= 0.3 is 5.97 Å². The first-order chi connectivity index (χ1) is 9.67. The van der Waals surface area contributed by atoms with Crippen LogP contribution >= 0.6 is 0 Å². The Morgan fingerprint density at radius 1 is 0.900 bits per heavy atom. The fraction of sp³-hybridized carbons (Fsp3) is 0.938. The molecule has 3 aliphatic rings. The number of hydrogen-bond acceptors (Lipinski definition) is 3. The third-order valence-corrected chi connectivity index (χ3v) is 6.15. The van der Waals surface area contributed by atoms with Crippen LogP contribution < -0.4 is 5.32 Å². The van der Waals surface area contributed by atoms with Gasteiger partial charge in [-0.1, -0.05) is 12.8 Å². The number of carboxylic acids is 1. The summed E-state index contributed by atoms with van der Waals surface area (Å²) in [5.41, 5.74) is -0.0666. The molecule has 3 fully saturated rings. The lowest BCUT2D eigenvalue weighted by molar-refractivity contribution is -0.156. The van der Waals surface area contributed by atoms with E-state index in [1.54, 1.807) is 0 Å². The molecule has 0 bridgehead atoms. The van der Waals surface area contributed by atoms with Gasteiger partial charge in [0.05, 0.1) is 0 Å². The molecule has 0 aromatic carbocycles. The van der Waals surface area contributed by atoms with E-state index >= 15 is 0 Å². The summed E-state index contributed by atoms with van der Waals surface area (Å²) >= 11 is 0. The zero-order chi connectivity index (χ0) is 14.1. The Morgan fingerprint density at radius 3 is 2.25 bits per heavy atom. The monoisotopic (exact) mass is 280 g/mol. The largest absolute Gasteiger partial charge is 0.480 e. The summed E-state index contributed by atoms with van der Waals surface area (Å²) < 4.78 is 0. The quantitative estimate of drug-likeness (QED) is 0.814. The summed E-state index contributed by atoms with van der Waals surface area (Å²) in [6.07, 6.45) is 10.4. The average molecular weight is 280 g/mol. The minimum atomic E-state index is -0.577. The van der Waals surface area contributed by atoms with Gasteiger partial charge in [0.1, 0.15) is 5.54 Å². The number of aliphatic carboxylic acids is 1. The Morgan fingerprint density at radius 2 is 1.60 bits per heavy atom. The Bertz CT molecular complexity index is 345. The van der Waals surface area contributed by atoms with E-state index in [0.29, 0.717) is 5.41 Å². The van der Waals surface area contributed by atoms with Crippen LogP contribution in [-0.2, 0) is 4.79 Å². The zero-order valence-electron chi connectivity index (χ0n) is 12.5. The summed E-state index contributed by atoms with van der Waals surface area (Å²) in [7, 11) is 0. The Kier molecular flexibility index (Phi) is 4.04. The van der Waals surface area contributed by atoms with Crippen molar-refractivity contribution in [3.8, 4) is 0 Å². The van der Waals surface area contributed by atoms with Crippen LogP contribution in [0.1, 0.15) is 57.8 Å². The van der Waals surface area contributed by atoms with Crippen molar-refractivity contribution < 1.29 is 9.90 Å². The van der Waals surface area contributed by atoms with Gasteiger partial charge in [-0.25, -0.2) is 0 Å². The van der Waals surface area contributed by atoms with Crippen LogP contribution in [-0.4, -0.2) is 47.7 Å². The number of nitrogens with one attached hydrogen (secondary N) is 1. The van der Waals surface area contributed by atoms with Crippen molar-refractivity contribution in [3.63, 3.8) is 0 Å².